The van der Waals surface area contributed by atoms with E-state index in [0.29, 0.717) is 24.0 Å². The number of hydrogen-bond donors (Lipinski definition) is 1. The zero-order valence-corrected chi connectivity index (χ0v) is 10.2. The topological polar surface area (TPSA) is 91.0 Å². The molecule has 0 saturated carbocycles. The first-order chi connectivity index (χ1) is 8.86. The average Bonchev–Trinajstić information content (AvgIpc) is 3.10. The van der Waals surface area contributed by atoms with Gasteiger partial charge in [0.15, 0.2) is 0 Å². The number of rotatable bonds is 4. The van der Waals surface area contributed by atoms with Gasteiger partial charge in [0.1, 0.15) is 12.0 Å². The lowest BCUT2D eigenvalue weighted by molar-refractivity contribution is 0.431. The third-order valence-corrected chi connectivity index (χ3v) is 3.24. The first-order valence-corrected chi connectivity index (χ1v) is 6.26. The van der Waals surface area contributed by atoms with E-state index in [4.69, 9.17) is 14.7 Å². The zero-order valence-electron chi connectivity index (χ0n) is 9.37. The average molecular weight is 262 g/mol. The van der Waals surface area contributed by atoms with Crippen LogP contribution in [0.1, 0.15) is 5.01 Å². The lowest BCUT2D eigenvalue weighted by Crippen LogP contribution is -2.01. The summed E-state index contributed by atoms with van der Waals surface area (Å²) in [5, 5.41) is 6.74. The van der Waals surface area contributed by atoms with Gasteiger partial charge in [-0.15, -0.1) is 11.3 Å². The van der Waals surface area contributed by atoms with Crippen LogP contribution in [0.2, 0.25) is 0 Å². The van der Waals surface area contributed by atoms with Gasteiger partial charge in [0.25, 0.3) is 5.89 Å². The second kappa shape index (κ2) is 4.71. The van der Waals surface area contributed by atoms with Crippen LogP contribution in [-0.4, -0.2) is 21.7 Å². The van der Waals surface area contributed by atoms with E-state index in [1.807, 2.05) is 5.38 Å². The Kier molecular flexibility index (Phi) is 2.91. The third-order valence-electron chi connectivity index (χ3n) is 2.33. The number of furan rings is 1. The van der Waals surface area contributed by atoms with Crippen LogP contribution in [-0.2, 0) is 6.42 Å². The molecule has 0 unspecified atom stereocenters. The quantitative estimate of drug-likeness (QED) is 0.772. The second-order valence-corrected chi connectivity index (χ2v) is 4.54. The Bertz CT molecular complexity index is 629. The molecule has 0 saturated heterocycles. The largest absolute Gasteiger partial charge is 0.472 e. The highest BCUT2D eigenvalue weighted by Gasteiger charge is 2.14. The molecule has 92 valence electrons. The van der Waals surface area contributed by atoms with E-state index < -0.39 is 0 Å². The van der Waals surface area contributed by atoms with Gasteiger partial charge in [-0.1, -0.05) is 5.16 Å². The molecule has 3 heterocycles. The summed E-state index contributed by atoms with van der Waals surface area (Å²) in [5.74, 6) is 0.901. The van der Waals surface area contributed by atoms with E-state index in [2.05, 4.69) is 15.1 Å². The summed E-state index contributed by atoms with van der Waals surface area (Å²) >= 11 is 1.54. The predicted molar refractivity (Wildman–Crippen MR) is 65.9 cm³/mol. The molecule has 3 aromatic heterocycles. The maximum absolute atomic E-state index is 5.48. The normalized spacial score (nSPS) is 10.9. The Balaban J connectivity index is 1.88. The molecule has 2 N–H and O–H groups in total. The van der Waals surface area contributed by atoms with Crippen molar-refractivity contribution in [2.45, 2.75) is 6.42 Å². The standard InChI is InChI=1S/C11H10N4O2S/c12-3-1-9-13-8(6-18-9)11-14-10(15-17-11)7-2-4-16-5-7/h2,4-6H,1,3,12H2. The molecule has 6 nitrogen and oxygen atoms in total. The number of thiazole rings is 1. The molecule has 0 aliphatic rings. The molecule has 0 aliphatic heterocycles. The summed E-state index contributed by atoms with van der Waals surface area (Å²) in [6, 6.07) is 1.77. The van der Waals surface area contributed by atoms with E-state index in [0.717, 1.165) is 17.0 Å². The van der Waals surface area contributed by atoms with E-state index in [9.17, 15) is 0 Å². The minimum atomic E-state index is 0.408. The number of nitrogens with two attached hydrogens (primary N) is 1. The van der Waals surface area contributed by atoms with Crippen LogP contribution in [0.4, 0.5) is 0 Å². The van der Waals surface area contributed by atoms with Crippen LogP contribution >= 0.6 is 11.3 Å². The summed E-state index contributed by atoms with van der Waals surface area (Å²) in [4.78, 5) is 8.66. The van der Waals surface area contributed by atoms with Gasteiger partial charge in [0, 0.05) is 11.8 Å². The van der Waals surface area contributed by atoms with Gasteiger partial charge in [-0.25, -0.2) is 4.98 Å². The van der Waals surface area contributed by atoms with Crippen molar-refractivity contribution in [1.29, 1.82) is 0 Å². The van der Waals surface area contributed by atoms with Crippen molar-refractivity contribution in [2.24, 2.45) is 5.73 Å². The molecular weight excluding hydrogens is 252 g/mol. The van der Waals surface area contributed by atoms with Gasteiger partial charge in [0.2, 0.25) is 5.82 Å². The van der Waals surface area contributed by atoms with Crippen molar-refractivity contribution in [3.05, 3.63) is 29.0 Å². The van der Waals surface area contributed by atoms with E-state index in [-0.39, 0.29) is 0 Å². The summed E-state index contributed by atoms with van der Waals surface area (Å²) in [7, 11) is 0. The van der Waals surface area contributed by atoms with E-state index in [1.165, 1.54) is 11.3 Å². The van der Waals surface area contributed by atoms with Crippen LogP contribution in [0.15, 0.2) is 32.9 Å². The maximum atomic E-state index is 5.48. The Morgan fingerprint density at radius 3 is 3.06 bits per heavy atom. The SMILES string of the molecule is NCCc1nc(-c2nc(-c3ccoc3)no2)cs1. The predicted octanol–water partition coefficient (Wildman–Crippen LogP) is 1.95. The number of nitrogens with zero attached hydrogens (tertiary/aromatic N) is 3. The number of aromatic nitrogens is 3. The van der Waals surface area contributed by atoms with Crippen molar-refractivity contribution in [2.75, 3.05) is 6.54 Å². The van der Waals surface area contributed by atoms with Gasteiger partial charge in [-0.3, -0.25) is 0 Å². The Morgan fingerprint density at radius 2 is 2.28 bits per heavy atom. The summed E-state index contributed by atoms with van der Waals surface area (Å²) in [6.45, 7) is 0.580. The molecular formula is C11H10N4O2S. The molecule has 0 amide bonds. The van der Waals surface area contributed by atoms with Gasteiger partial charge in [-0.2, -0.15) is 4.98 Å². The molecule has 0 aliphatic carbocycles. The van der Waals surface area contributed by atoms with Gasteiger partial charge >= 0.3 is 0 Å². The van der Waals surface area contributed by atoms with Crippen LogP contribution in [0, 0.1) is 0 Å². The molecule has 0 aromatic carbocycles. The molecule has 0 bridgehead atoms. The molecule has 0 atom stereocenters. The molecule has 3 rings (SSSR count). The van der Waals surface area contributed by atoms with Gasteiger partial charge in [0.05, 0.1) is 16.8 Å². The minimum Gasteiger partial charge on any atom is -0.472 e. The summed E-state index contributed by atoms with van der Waals surface area (Å²) < 4.78 is 10.1. The van der Waals surface area contributed by atoms with Crippen molar-refractivity contribution in [1.82, 2.24) is 15.1 Å². The summed E-state index contributed by atoms with van der Waals surface area (Å²) in [5.41, 5.74) is 6.95. The Labute approximate surface area is 106 Å². The van der Waals surface area contributed by atoms with Gasteiger partial charge < -0.3 is 14.7 Å². The van der Waals surface area contributed by atoms with Crippen LogP contribution in [0.3, 0.4) is 0 Å². The molecule has 0 spiro atoms. The molecule has 0 fully saturated rings. The summed E-state index contributed by atoms with van der Waals surface area (Å²) in [6.07, 6.45) is 3.89. The van der Waals surface area contributed by atoms with E-state index >= 15 is 0 Å². The first kappa shape index (κ1) is 11.1. The van der Waals surface area contributed by atoms with Crippen molar-refractivity contribution < 1.29 is 8.94 Å². The highest BCUT2D eigenvalue weighted by atomic mass is 32.1. The fourth-order valence-electron chi connectivity index (χ4n) is 1.48. The monoisotopic (exact) mass is 262 g/mol. The second-order valence-electron chi connectivity index (χ2n) is 3.60. The Morgan fingerprint density at radius 1 is 1.33 bits per heavy atom. The van der Waals surface area contributed by atoms with Crippen LogP contribution in [0.25, 0.3) is 23.0 Å². The fourth-order valence-corrected chi connectivity index (χ4v) is 2.27. The number of hydrogen-bond acceptors (Lipinski definition) is 7. The fraction of sp³-hybridized carbons (Fsp3) is 0.182. The van der Waals surface area contributed by atoms with Crippen LogP contribution < -0.4 is 5.73 Å². The maximum Gasteiger partial charge on any atom is 0.277 e. The van der Waals surface area contributed by atoms with Crippen molar-refractivity contribution in [3.8, 4) is 23.0 Å². The molecule has 0 radical (unpaired) electrons. The first-order valence-electron chi connectivity index (χ1n) is 5.38. The highest BCUT2D eigenvalue weighted by molar-refractivity contribution is 7.09. The molecule has 7 heteroatoms. The smallest absolute Gasteiger partial charge is 0.277 e. The van der Waals surface area contributed by atoms with Crippen molar-refractivity contribution in [3.63, 3.8) is 0 Å². The van der Waals surface area contributed by atoms with Crippen molar-refractivity contribution >= 4 is 11.3 Å². The van der Waals surface area contributed by atoms with Gasteiger partial charge in [-0.05, 0) is 12.6 Å². The molecule has 3 aromatic rings. The van der Waals surface area contributed by atoms with Crippen LogP contribution in [0.5, 0.6) is 0 Å². The minimum absolute atomic E-state index is 0.408. The van der Waals surface area contributed by atoms with E-state index in [1.54, 1.807) is 18.6 Å². The Hall–Kier alpha value is -1.99. The highest BCUT2D eigenvalue weighted by Crippen LogP contribution is 2.23. The lowest BCUT2D eigenvalue weighted by atomic mass is 10.3. The zero-order chi connectivity index (χ0) is 12.4. The third kappa shape index (κ3) is 2.05. The molecule has 18 heavy (non-hydrogen) atoms. The lowest BCUT2D eigenvalue weighted by Gasteiger charge is -1.87.